The minimum absolute atomic E-state index is 0.0550. The molecule has 0 aliphatic heterocycles. The second-order valence-electron chi connectivity index (χ2n) is 5.47. The van der Waals surface area contributed by atoms with Gasteiger partial charge in [-0.15, -0.1) is 0 Å². The summed E-state index contributed by atoms with van der Waals surface area (Å²) in [5.41, 5.74) is 2.06. The molecule has 0 fully saturated rings. The second kappa shape index (κ2) is 9.40. The second-order valence-corrected chi connectivity index (χ2v) is 7.50. The zero-order chi connectivity index (χ0) is 18.2. The molecule has 0 saturated heterocycles. The van der Waals surface area contributed by atoms with Crippen molar-refractivity contribution in [2.45, 2.75) is 28.3 Å². The summed E-state index contributed by atoms with van der Waals surface area (Å²) in [6.45, 7) is 2.11. The lowest BCUT2D eigenvalue weighted by Crippen LogP contribution is -2.14. The number of carbonyl (C=O) groups excluding carboxylic acids is 1. The Labute approximate surface area is 161 Å². The SMILES string of the molecule is CCc1ccc(NC(=O)CSc2nccnc2Sc2ccccc2)cc1. The number of rotatable bonds is 7. The van der Waals surface area contributed by atoms with Crippen molar-refractivity contribution >= 4 is 35.1 Å². The van der Waals surface area contributed by atoms with Gasteiger partial charge in [-0.1, -0.05) is 60.8 Å². The van der Waals surface area contributed by atoms with E-state index in [-0.39, 0.29) is 11.7 Å². The molecule has 26 heavy (non-hydrogen) atoms. The monoisotopic (exact) mass is 381 g/mol. The lowest BCUT2D eigenvalue weighted by Gasteiger charge is -2.08. The van der Waals surface area contributed by atoms with Crippen LogP contribution in [0.15, 0.2) is 81.9 Å². The molecule has 2 aromatic carbocycles. The third kappa shape index (κ3) is 5.34. The molecule has 0 aliphatic carbocycles. The van der Waals surface area contributed by atoms with E-state index in [9.17, 15) is 4.79 Å². The first kappa shape index (κ1) is 18.5. The van der Waals surface area contributed by atoms with Gasteiger partial charge in [-0.3, -0.25) is 4.79 Å². The molecule has 0 saturated carbocycles. The van der Waals surface area contributed by atoms with Gasteiger partial charge in [-0.2, -0.15) is 0 Å². The van der Waals surface area contributed by atoms with Crippen molar-refractivity contribution in [3.63, 3.8) is 0 Å². The van der Waals surface area contributed by atoms with Crippen molar-refractivity contribution in [2.24, 2.45) is 0 Å². The van der Waals surface area contributed by atoms with Crippen LogP contribution in [0.5, 0.6) is 0 Å². The number of benzene rings is 2. The molecule has 0 aliphatic rings. The molecule has 1 N–H and O–H groups in total. The van der Waals surface area contributed by atoms with Crippen molar-refractivity contribution in [1.82, 2.24) is 9.97 Å². The minimum atomic E-state index is -0.0550. The highest BCUT2D eigenvalue weighted by atomic mass is 32.2. The summed E-state index contributed by atoms with van der Waals surface area (Å²) in [7, 11) is 0. The summed E-state index contributed by atoms with van der Waals surface area (Å²) in [6.07, 6.45) is 4.31. The number of hydrogen-bond acceptors (Lipinski definition) is 5. The standard InChI is InChI=1S/C20H19N3OS2/c1-2-15-8-10-16(11-9-15)23-18(24)14-25-19-20(22-13-12-21-19)26-17-6-4-3-5-7-17/h3-13H,2,14H2,1H3,(H,23,24). The highest BCUT2D eigenvalue weighted by Gasteiger charge is 2.11. The van der Waals surface area contributed by atoms with Gasteiger partial charge in [-0.25, -0.2) is 9.97 Å². The maximum absolute atomic E-state index is 12.2. The Morgan fingerprint density at radius 1 is 0.962 bits per heavy atom. The summed E-state index contributed by atoms with van der Waals surface area (Å²) < 4.78 is 0. The normalized spacial score (nSPS) is 10.5. The van der Waals surface area contributed by atoms with Gasteiger partial charge in [0.1, 0.15) is 10.1 Å². The van der Waals surface area contributed by atoms with E-state index in [0.29, 0.717) is 0 Å². The molecule has 0 atom stereocenters. The van der Waals surface area contributed by atoms with Gasteiger partial charge in [0, 0.05) is 23.0 Å². The molecular formula is C20H19N3OS2. The number of anilines is 1. The Morgan fingerprint density at radius 2 is 1.65 bits per heavy atom. The molecule has 4 nitrogen and oxygen atoms in total. The zero-order valence-electron chi connectivity index (χ0n) is 14.4. The molecule has 3 rings (SSSR count). The van der Waals surface area contributed by atoms with Gasteiger partial charge in [0.25, 0.3) is 0 Å². The number of aromatic nitrogens is 2. The van der Waals surface area contributed by atoms with Crippen LogP contribution in [-0.2, 0) is 11.2 Å². The molecule has 6 heteroatoms. The fourth-order valence-electron chi connectivity index (χ4n) is 2.24. The van der Waals surface area contributed by atoms with E-state index in [0.717, 1.165) is 27.1 Å². The number of thioether (sulfide) groups is 1. The molecule has 1 aromatic heterocycles. The Hall–Kier alpha value is -2.31. The molecule has 0 radical (unpaired) electrons. The predicted molar refractivity (Wildman–Crippen MR) is 108 cm³/mol. The molecule has 0 bridgehead atoms. The fourth-order valence-corrected chi connectivity index (χ4v) is 3.96. The van der Waals surface area contributed by atoms with Gasteiger partial charge in [-0.05, 0) is 36.2 Å². The van der Waals surface area contributed by atoms with Crippen molar-refractivity contribution < 1.29 is 4.79 Å². The van der Waals surface area contributed by atoms with Crippen LogP contribution in [0.4, 0.5) is 5.69 Å². The van der Waals surface area contributed by atoms with Crippen LogP contribution in [0.2, 0.25) is 0 Å². The Balaban J connectivity index is 1.59. The number of carbonyl (C=O) groups is 1. The van der Waals surface area contributed by atoms with Gasteiger partial charge >= 0.3 is 0 Å². The summed E-state index contributed by atoms with van der Waals surface area (Å²) in [6, 6.07) is 17.9. The molecule has 0 unspecified atom stereocenters. The smallest absolute Gasteiger partial charge is 0.234 e. The van der Waals surface area contributed by atoms with Gasteiger partial charge in [0.2, 0.25) is 5.91 Å². The average Bonchev–Trinajstić information content (AvgIpc) is 2.69. The van der Waals surface area contributed by atoms with Crippen LogP contribution in [-0.4, -0.2) is 21.6 Å². The van der Waals surface area contributed by atoms with E-state index in [1.807, 2.05) is 54.6 Å². The average molecular weight is 382 g/mol. The van der Waals surface area contributed by atoms with Crippen LogP contribution in [0.1, 0.15) is 12.5 Å². The number of nitrogens with zero attached hydrogens (tertiary/aromatic N) is 2. The van der Waals surface area contributed by atoms with E-state index < -0.39 is 0 Å². The van der Waals surface area contributed by atoms with Crippen molar-refractivity contribution in [2.75, 3.05) is 11.1 Å². The maximum Gasteiger partial charge on any atom is 0.234 e. The molecule has 0 spiro atoms. The Kier molecular flexibility index (Phi) is 6.68. The van der Waals surface area contributed by atoms with Crippen LogP contribution in [0.25, 0.3) is 0 Å². The molecule has 132 valence electrons. The van der Waals surface area contributed by atoms with Crippen LogP contribution < -0.4 is 5.32 Å². The van der Waals surface area contributed by atoms with E-state index in [1.54, 1.807) is 24.2 Å². The van der Waals surface area contributed by atoms with Crippen molar-refractivity contribution in [3.05, 3.63) is 72.6 Å². The van der Waals surface area contributed by atoms with E-state index in [2.05, 4.69) is 22.2 Å². The minimum Gasteiger partial charge on any atom is -0.325 e. The summed E-state index contributed by atoms with van der Waals surface area (Å²) in [5.74, 6) is 0.233. The summed E-state index contributed by atoms with van der Waals surface area (Å²) in [4.78, 5) is 22.1. The quantitative estimate of drug-likeness (QED) is 0.589. The van der Waals surface area contributed by atoms with Crippen LogP contribution in [0.3, 0.4) is 0 Å². The van der Waals surface area contributed by atoms with E-state index >= 15 is 0 Å². The molecule has 1 heterocycles. The summed E-state index contributed by atoms with van der Waals surface area (Å²) in [5, 5.41) is 4.49. The van der Waals surface area contributed by atoms with Gasteiger partial charge in [0.15, 0.2) is 0 Å². The lowest BCUT2D eigenvalue weighted by molar-refractivity contribution is -0.113. The number of nitrogens with one attached hydrogen (secondary N) is 1. The molecular weight excluding hydrogens is 362 g/mol. The number of aryl methyl sites for hydroxylation is 1. The van der Waals surface area contributed by atoms with Gasteiger partial charge in [0.05, 0.1) is 5.75 Å². The topological polar surface area (TPSA) is 54.9 Å². The first-order valence-corrected chi connectivity index (χ1v) is 10.1. The lowest BCUT2D eigenvalue weighted by atomic mass is 10.1. The van der Waals surface area contributed by atoms with E-state index in [1.165, 1.54) is 17.3 Å². The Morgan fingerprint density at radius 3 is 2.35 bits per heavy atom. The highest BCUT2D eigenvalue weighted by molar-refractivity contribution is 8.02. The van der Waals surface area contributed by atoms with Crippen molar-refractivity contribution in [1.29, 1.82) is 0 Å². The van der Waals surface area contributed by atoms with Gasteiger partial charge < -0.3 is 5.32 Å². The third-order valence-electron chi connectivity index (χ3n) is 3.58. The van der Waals surface area contributed by atoms with Crippen LogP contribution in [0, 0.1) is 0 Å². The number of hydrogen-bond donors (Lipinski definition) is 1. The highest BCUT2D eigenvalue weighted by Crippen LogP contribution is 2.32. The maximum atomic E-state index is 12.2. The molecule has 3 aromatic rings. The van der Waals surface area contributed by atoms with Crippen LogP contribution >= 0.6 is 23.5 Å². The Bertz CT molecular complexity index is 854. The number of amides is 1. The summed E-state index contributed by atoms with van der Waals surface area (Å²) >= 11 is 2.94. The van der Waals surface area contributed by atoms with Crippen molar-refractivity contribution in [3.8, 4) is 0 Å². The first-order chi connectivity index (χ1) is 12.7. The molecule has 1 amide bonds. The van der Waals surface area contributed by atoms with E-state index in [4.69, 9.17) is 0 Å². The fraction of sp³-hybridized carbons (Fsp3) is 0.150. The predicted octanol–water partition coefficient (Wildman–Crippen LogP) is 4.92. The zero-order valence-corrected chi connectivity index (χ0v) is 16.0. The largest absolute Gasteiger partial charge is 0.325 e. The first-order valence-electron chi connectivity index (χ1n) is 8.30. The third-order valence-corrected chi connectivity index (χ3v) is 5.68.